The molecule has 1 atom stereocenters. The zero-order valence-corrected chi connectivity index (χ0v) is 13.6. The van der Waals surface area contributed by atoms with E-state index >= 15 is 0 Å². The monoisotopic (exact) mass is 329 g/mol. The van der Waals surface area contributed by atoms with Gasteiger partial charge in [0.15, 0.2) is 5.16 Å². The van der Waals surface area contributed by atoms with Gasteiger partial charge in [0.2, 0.25) is 5.91 Å². The van der Waals surface area contributed by atoms with Crippen LogP contribution >= 0.6 is 11.8 Å². The summed E-state index contributed by atoms with van der Waals surface area (Å²) in [7, 11) is 0. The Morgan fingerprint density at radius 2 is 2.35 bits per heavy atom. The van der Waals surface area contributed by atoms with E-state index in [2.05, 4.69) is 14.9 Å². The van der Waals surface area contributed by atoms with E-state index in [9.17, 15) is 4.79 Å². The number of ether oxygens (including phenoxy) is 1. The fourth-order valence-corrected chi connectivity index (χ4v) is 4.05. The van der Waals surface area contributed by atoms with E-state index < -0.39 is 0 Å². The third-order valence-electron chi connectivity index (χ3n) is 4.33. The number of fused-ring (bicyclic) bond motifs is 2. The lowest BCUT2D eigenvalue weighted by Gasteiger charge is -2.13. The maximum absolute atomic E-state index is 12.5. The summed E-state index contributed by atoms with van der Waals surface area (Å²) in [5.41, 5.74) is 2.05. The molecule has 0 spiro atoms. The van der Waals surface area contributed by atoms with Gasteiger partial charge >= 0.3 is 0 Å². The van der Waals surface area contributed by atoms with Gasteiger partial charge in [-0.25, -0.2) is 4.98 Å². The zero-order chi connectivity index (χ0) is 15.6. The van der Waals surface area contributed by atoms with Crippen molar-refractivity contribution in [3.05, 3.63) is 41.7 Å². The normalized spacial score (nSPS) is 19.4. The van der Waals surface area contributed by atoms with Crippen molar-refractivity contribution in [2.45, 2.75) is 31.1 Å². The highest BCUT2D eigenvalue weighted by atomic mass is 32.2. The lowest BCUT2D eigenvalue weighted by atomic mass is 9.96. The van der Waals surface area contributed by atoms with E-state index in [1.54, 1.807) is 11.8 Å². The van der Waals surface area contributed by atoms with Gasteiger partial charge in [0.25, 0.3) is 0 Å². The zero-order valence-electron chi connectivity index (χ0n) is 12.8. The Hall–Kier alpha value is -1.95. The van der Waals surface area contributed by atoms with Crippen LogP contribution in [0.3, 0.4) is 0 Å². The van der Waals surface area contributed by atoms with E-state index in [0.29, 0.717) is 13.2 Å². The largest absolute Gasteiger partial charge is 0.493 e. The van der Waals surface area contributed by atoms with Crippen molar-refractivity contribution in [1.82, 2.24) is 14.9 Å². The lowest BCUT2D eigenvalue weighted by Crippen LogP contribution is -2.32. The number of hydrogen-bond donors (Lipinski definition) is 1. The summed E-state index contributed by atoms with van der Waals surface area (Å²) in [6, 6.07) is 7.97. The second-order valence-electron chi connectivity index (χ2n) is 5.92. The second-order valence-corrected chi connectivity index (χ2v) is 6.98. The Labute approximate surface area is 139 Å². The Morgan fingerprint density at radius 1 is 1.43 bits per heavy atom. The molecule has 23 heavy (non-hydrogen) atoms. The summed E-state index contributed by atoms with van der Waals surface area (Å²) < 4.78 is 7.89. The average Bonchev–Trinajstić information content (AvgIpc) is 3.07. The molecule has 6 heteroatoms. The number of carbonyl (C=O) groups is 1. The van der Waals surface area contributed by atoms with E-state index in [4.69, 9.17) is 4.74 Å². The van der Waals surface area contributed by atoms with Crippen molar-refractivity contribution in [2.24, 2.45) is 5.92 Å². The number of aromatic nitrogens is 2. The first-order chi connectivity index (χ1) is 11.3. The van der Waals surface area contributed by atoms with E-state index in [1.807, 2.05) is 30.5 Å². The van der Waals surface area contributed by atoms with Gasteiger partial charge in [0.1, 0.15) is 5.75 Å². The van der Waals surface area contributed by atoms with Crippen molar-refractivity contribution < 1.29 is 9.53 Å². The minimum atomic E-state index is -0.0394. The first kappa shape index (κ1) is 14.6. The van der Waals surface area contributed by atoms with E-state index in [1.165, 1.54) is 0 Å². The molecule has 0 saturated carbocycles. The molecule has 0 bridgehead atoms. The van der Waals surface area contributed by atoms with Crippen LogP contribution in [0.25, 0.3) is 0 Å². The first-order valence-corrected chi connectivity index (χ1v) is 8.95. The highest BCUT2D eigenvalue weighted by Gasteiger charge is 2.24. The fourth-order valence-electron chi connectivity index (χ4n) is 3.08. The summed E-state index contributed by atoms with van der Waals surface area (Å²) in [6.07, 6.45) is 3.52. The van der Waals surface area contributed by atoms with Crippen molar-refractivity contribution in [3.63, 3.8) is 0 Å². The highest BCUT2D eigenvalue weighted by molar-refractivity contribution is 7.99. The molecule has 1 amide bonds. The van der Waals surface area contributed by atoms with Crippen LogP contribution in [0, 0.1) is 5.92 Å². The Morgan fingerprint density at radius 3 is 3.26 bits per heavy atom. The maximum atomic E-state index is 12.5. The minimum Gasteiger partial charge on any atom is -0.493 e. The van der Waals surface area contributed by atoms with Crippen LogP contribution in [0.15, 0.2) is 35.6 Å². The molecule has 1 N–H and O–H groups in total. The summed E-state index contributed by atoms with van der Waals surface area (Å²) in [5.74, 6) is 2.05. The highest BCUT2D eigenvalue weighted by Crippen LogP contribution is 2.27. The Kier molecular flexibility index (Phi) is 3.99. The van der Waals surface area contributed by atoms with Crippen LogP contribution in [-0.2, 0) is 24.3 Å². The Balaban J connectivity index is 1.38. The van der Waals surface area contributed by atoms with Crippen LogP contribution in [-0.4, -0.2) is 27.8 Å². The quantitative estimate of drug-likeness (QED) is 0.938. The number of para-hydroxylation sites is 1. The van der Waals surface area contributed by atoms with Gasteiger partial charge in [0.05, 0.1) is 18.8 Å². The molecular weight excluding hydrogens is 310 g/mol. The summed E-state index contributed by atoms with van der Waals surface area (Å²) in [4.78, 5) is 17.1. The SMILES string of the molecule is O=C(NCc1cn2c(n1)SCC2)C1CCOc2ccccc2C1. The van der Waals surface area contributed by atoms with Crippen molar-refractivity contribution in [1.29, 1.82) is 0 Å². The Bertz CT molecular complexity index is 707. The molecule has 5 nitrogen and oxygen atoms in total. The van der Waals surface area contributed by atoms with Crippen molar-refractivity contribution in [3.8, 4) is 5.75 Å². The van der Waals surface area contributed by atoms with Crippen LogP contribution in [0.5, 0.6) is 5.75 Å². The molecule has 0 saturated heterocycles. The number of hydrogen-bond acceptors (Lipinski definition) is 4. The molecule has 4 rings (SSSR count). The van der Waals surface area contributed by atoms with Gasteiger partial charge in [-0.3, -0.25) is 4.79 Å². The van der Waals surface area contributed by atoms with Crippen molar-refractivity contribution >= 4 is 17.7 Å². The van der Waals surface area contributed by atoms with Crippen LogP contribution < -0.4 is 10.1 Å². The molecule has 0 radical (unpaired) electrons. The number of imidazole rings is 1. The molecule has 2 aliphatic heterocycles. The van der Waals surface area contributed by atoms with Crippen LogP contribution in [0.2, 0.25) is 0 Å². The minimum absolute atomic E-state index is 0.0394. The second kappa shape index (κ2) is 6.28. The summed E-state index contributed by atoms with van der Waals surface area (Å²) >= 11 is 1.77. The molecule has 1 aromatic carbocycles. The number of rotatable bonds is 3. The van der Waals surface area contributed by atoms with Crippen molar-refractivity contribution in [2.75, 3.05) is 12.4 Å². The van der Waals surface area contributed by atoms with Gasteiger partial charge in [0, 0.05) is 24.4 Å². The molecule has 2 aromatic rings. The van der Waals surface area contributed by atoms with Gasteiger partial charge < -0.3 is 14.6 Å². The first-order valence-electron chi connectivity index (χ1n) is 7.97. The topological polar surface area (TPSA) is 56.2 Å². The lowest BCUT2D eigenvalue weighted by molar-refractivity contribution is -0.125. The molecule has 2 aliphatic rings. The van der Waals surface area contributed by atoms with E-state index in [0.717, 1.165) is 47.3 Å². The predicted molar refractivity (Wildman–Crippen MR) is 88.5 cm³/mol. The van der Waals surface area contributed by atoms with Crippen LogP contribution in [0.1, 0.15) is 17.7 Å². The summed E-state index contributed by atoms with van der Waals surface area (Å²) in [5, 5.41) is 4.10. The standard InChI is InChI=1S/C17H19N3O2S/c21-16(18-10-14-11-20-6-8-23-17(20)19-14)13-5-7-22-15-4-2-1-3-12(15)9-13/h1-4,11,13H,5-10H2,(H,18,21). The van der Waals surface area contributed by atoms with Gasteiger partial charge in [-0.2, -0.15) is 0 Å². The molecule has 1 aromatic heterocycles. The maximum Gasteiger partial charge on any atom is 0.223 e. The van der Waals surface area contributed by atoms with E-state index in [-0.39, 0.29) is 11.8 Å². The number of nitrogens with zero attached hydrogens (tertiary/aromatic N) is 2. The summed E-state index contributed by atoms with van der Waals surface area (Å²) in [6.45, 7) is 2.10. The van der Waals surface area contributed by atoms with Gasteiger partial charge in [-0.1, -0.05) is 30.0 Å². The molecule has 1 unspecified atom stereocenters. The number of aryl methyl sites for hydroxylation is 1. The number of benzene rings is 1. The van der Waals surface area contributed by atoms with Crippen LogP contribution in [0.4, 0.5) is 0 Å². The van der Waals surface area contributed by atoms with Gasteiger partial charge in [-0.05, 0) is 24.5 Å². The molecule has 120 valence electrons. The molecule has 0 aliphatic carbocycles. The predicted octanol–water partition coefficient (Wildman–Crippen LogP) is 2.25. The third kappa shape index (κ3) is 3.08. The average molecular weight is 329 g/mol. The van der Waals surface area contributed by atoms with Gasteiger partial charge in [-0.15, -0.1) is 0 Å². The molecule has 3 heterocycles. The number of carbonyl (C=O) groups excluding carboxylic acids is 1. The molecule has 0 fully saturated rings. The smallest absolute Gasteiger partial charge is 0.223 e. The third-order valence-corrected chi connectivity index (χ3v) is 5.30. The number of amides is 1. The fraction of sp³-hybridized carbons (Fsp3) is 0.412. The number of nitrogens with one attached hydrogen (secondary N) is 1. The number of thioether (sulfide) groups is 1. The molecular formula is C17H19N3O2S.